The molecular formula is C54H28N4OS. The fraction of sp³-hybridized carbons (Fsp3) is 0. The van der Waals surface area contributed by atoms with Crippen LogP contribution in [-0.2, 0) is 0 Å². The molecule has 0 atom stereocenters. The van der Waals surface area contributed by atoms with Crippen molar-refractivity contribution in [1.82, 2.24) is 18.9 Å². The predicted octanol–water partition coefficient (Wildman–Crippen LogP) is 14.9. The van der Waals surface area contributed by atoms with Gasteiger partial charge in [0.05, 0.1) is 38.8 Å². The van der Waals surface area contributed by atoms with Crippen molar-refractivity contribution in [2.75, 3.05) is 0 Å². The predicted molar refractivity (Wildman–Crippen MR) is 251 cm³/mol. The summed E-state index contributed by atoms with van der Waals surface area (Å²) in [7, 11) is 0. The lowest BCUT2D eigenvalue weighted by Gasteiger charge is -2.14. The minimum absolute atomic E-state index is 0.661. The molecule has 276 valence electrons. The highest BCUT2D eigenvalue weighted by atomic mass is 32.1. The first-order valence-corrected chi connectivity index (χ1v) is 21.1. The second kappa shape index (κ2) is 11.0. The maximum Gasteiger partial charge on any atom is 0.235 e. The van der Waals surface area contributed by atoms with Gasteiger partial charge in [0.25, 0.3) is 0 Å². The Hall–Kier alpha value is -7.80. The first-order valence-electron chi connectivity index (χ1n) is 20.3. The molecule has 15 aromatic rings. The summed E-state index contributed by atoms with van der Waals surface area (Å²) in [5.74, 6) is 0.661. The van der Waals surface area contributed by atoms with Crippen molar-refractivity contribution in [3.05, 3.63) is 170 Å². The van der Waals surface area contributed by atoms with Crippen molar-refractivity contribution in [3.8, 4) is 28.3 Å². The van der Waals surface area contributed by atoms with E-state index in [1.165, 1.54) is 58.3 Å². The summed E-state index contributed by atoms with van der Waals surface area (Å²) in [5.41, 5.74) is 12.8. The van der Waals surface area contributed by atoms with Crippen LogP contribution in [0.2, 0.25) is 0 Å². The Labute approximate surface area is 344 Å². The van der Waals surface area contributed by atoms with E-state index in [-0.39, 0.29) is 0 Å². The largest absolute Gasteiger partial charge is 0.456 e. The molecule has 60 heavy (non-hydrogen) atoms. The fourth-order valence-electron chi connectivity index (χ4n) is 10.5. The van der Waals surface area contributed by atoms with Crippen LogP contribution in [0, 0.1) is 0 Å². The van der Waals surface area contributed by atoms with Gasteiger partial charge in [-0.25, -0.2) is 9.97 Å². The molecule has 0 radical (unpaired) electrons. The maximum absolute atomic E-state index is 6.27. The number of benzene rings is 9. The van der Waals surface area contributed by atoms with Crippen LogP contribution in [0.4, 0.5) is 0 Å². The van der Waals surface area contributed by atoms with Gasteiger partial charge < -0.3 is 8.82 Å². The van der Waals surface area contributed by atoms with Crippen molar-refractivity contribution in [2.24, 2.45) is 0 Å². The number of furan rings is 1. The maximum atomic E-state index is 6.27. The van der Waals surface area contributed by atoms with Gasteiger partial charge in [0, 0.05) is 63.4 Å². The molecule has 0 unspecified atom stereocenters. The molecule has 6 aromatic heterocycles. The summed E-state index contributed by atoms with van der Waals surface area (Å²) in [5, 5.41) is 13.3. The van der Waals surface area contributed by atoms with E-state index < -0.39 is 0 Å². The highest BCUT2D eigenvalue weighted by Crippen LogP contribution is 2.50. The average Bonchev–Trinajstić information content (AvgIpc) is 4.03. The molecule has 0 aliphatic rings. The summed E-state index contributed by atoms with van der Waals surface area (Å²) in [6.07, 6.45) is 0. The molecule has 0 aliphatic heterocycles. The lowest BCUT2D eigenvalue weighted by Crippen LogP contribution is -2.04. The molecule has 0 fully saturated rings. The number of aromatic nitrogens is 4. The fourth-order valence-corrected chi connectivity index (χ4v) is 11.6. The van der Waals surface area contributed by atoms with Crippen LogP contribution in [0.1, 0.15) is 0 Å². The van der Waals surface area contributed by atoms with E-state index in [1.807, 2.05) is 23.5 Å². The zero-order valence-electron chi connectivity index (χ0n) is 31.8. The molecule has 6 heterocycles. The first kappa shape index (κ1) is 31.2. The van der Waals surface area contributed by atoms with Crippen LogP contribution in [0.3, 0.4) is 0 Å². The van der Waals surface area contributed by atoms with Crippen LogP contribution in [0.15, 0.2) is 174 Å². The van der Waals surface area contributed by atoms with Gasteiger partial charge in [0.1, 0.15) is 11.2 Å². The number of para-hydroxylation sites is 2. The topological polar surface area (TPSA) is 48.3 Å². The number of fused-ring (bicyclic) bond motifs is 10. The summed E-state index contributed by atoms with van der Waals surface area (Å²) < 4.78 is 13.7. The molecule has 0 bridgehead atoms. The van der Waals surface area contributed by atoms with E-state index in [1.54, 1.807) is 0 Å². The quantitative estimate of drug-likeness (QED) is 0.168. The summed E-state index contributed by atoms with van der Waals surface area (Å²) in [6, 6.07) is 61.3. The SMILES string of the molecule is c1ccc2c(c1)ccc1nc(-n3c4ccc5sc6cccc7c6c5c4c4c3ccc3c5ccccc5n7c34)nc(-c3ccc(-c4ccc5c(c4)oc4ccccc45)cc3)c12. The molecule has 0 spiro atoms. The Morgan fingerprint density at radius 2 is 1.13 bits per heavy atom. The van der Waals surface area contributed by atoms with Crippen molar-refractivity contribution in [3.63, 3.8) is 0 Å². The van der Waals surface area contributed by atoms with Crippen LogP contribution in [0.25, 0.3) is 141 Å². The zero-order chi connectivity index (χ0) is 38.8. The molecule has 9 aromatic carbocycles. The van der Waals surface area contributed by atoms with E-state index in [0.29, 0.717) is 5.95 Å². The Balaban J connectivity index is 1.02. The summed E-state index contributed by atoms with van der Waals surface area (Å²) in [4.78, 5) is 11.1. The molecule has 0 saturated carbocycles. The highest BCUT2D eigenvalue weighted by Gasteiger charge is 2.27. The second-order valence-corrected chi connectivity index (χ2v) is 17.2. The molecule has 0 aliphatic carbocycles. The molecule has 6 heteroatoms. The number of thiophene rings is 1. The Kier molecular flexibility index (Phi) is 5.74. The molecular weight excluding hydrogens is 753 g/mol. The third-order valence-electron chi connectivity index (χ3n) is 13.1. The molecule has 15 rings (SSSR count). The smallest absolute Gasteiger partial charge is 0.235 e. The van der Waals surface area contributed by atoms with Gasteiger partial charge in [-0.15, -0.1) is 11.3 Å². The van der Waals surface area contributed by atoms with Crippen LogP contribution >= 0.6 is 11.3 Å². The lowest BCUT2D eigenvalue weighted by atomic mass is 9.98. The van der Waals surface area contributed by atoms with Crippen LogP contribution in [-0.4, -0.2) is 18.9 Å². The van der Waals surface area contributed by atoms with Gasteiger partial charge >= 0.3 is 0 Å². The Morgan fingerprint density at radius 1 is 0.417 bits per heavy atom. The van der Waals surface area contributed by atoms with Gasteiger partial charge in [0.15, 0.2) is 0 Å². The minimum Gasteiger partial charge on any atom is -0.456 e. The molecule has 0 amide bonds. The van der Waals surface area contributed by atoms with Crippen molar-refractivity contribution < 1.29 is 4.42 Å². The Bertz CT molecular complexity index is 4300. The van der Waals surface area contributed by atoms with Crippen molar-refractivity contribution in [2.45, 2.75) is 0 Å². The third kappa shape index (κ3) is 3.87. The second-order valence-electron chi connectivity index (χ2n) is 16.1. The van der Waals surface area contributed by atoms with Crippen molar-refractivity contribution in [1.29, 1.82) is 0 Å². The molecule has 0 N–H and O–H groups in total. The lowest BCUT2D eigenvalue weighted by molar-refractivity contribution is 0.669. The van der Waals surface area contributed by atoms with E-state index in [2.05, 4.69) is 167 Å². The van der Waals surface area contributed by atoms with Gasteiger partial charge in [-0.1, -0.05) is 109 Å². The van der Waals surface area contributed by atoms with E-state index >= 15 is 0 Å². The van der Waals surface area contributed by atoms with Crippen LogP contribution in [0.5, 0.6) is 0 Å². The minimum atomic E-state index is 0.661. The number of rotatable bonds is 3. The molecule has 5 nitrogen and oxygen atoms in total. The van der Waals surface area contributed by atoms with Gasteiger partial charge in [-0.05, 0) is 82.6 Å². The normalized spacial score (nSPS) is 12.7. The third-order valence-corrected chi connectivity index (χ3v) is 14.2. The highest BCUT2D eigenvalue weighted by molar-refractivity contribution is 7.26. The first-order chi connectivity index (χ1) is 29.7. The van der Waals surface area contributed by atoms with E-state index in [4.69, 9.17) is 14.4 Å². The van der Waals surface area contributed by atoms with Crippen molar-refractivity contribution >= 4 is 124 Å². The van der Waals surface area contributed by atoms with Gasteiger partial charge in [0.2, 0.25) is 5.95 Å². The number of hydrogen-bond acceptors (Lipinski definition) is 4. The number of nitrogens with zero attached hydrogens (tertiary/aromatic N) is 4. The van der Waals surface area contributed by atoms with Crippen LogP contribution < -0.4 is 0 Å². The standard InChI is InChI=1S/C54H28N4OS/c1-2-9-33-30(8-1)21-24-38-47(33)52(31-18-16-29(17-19-31)32-20-22-36-35-11-4-6-14-43(35)59-44(36)28-32)56-54(55-38)58-41-26-27-46-51-48-40(13-7-15-45(48)60-46)57-39-12-5-3-10-34(39)37-23-25-42(58)50(49(41)51)53(37)57/h1-28H. The molecule has 0 saturated heterocycles. The monoisotopic (exact) mass is 780 g/mol. The Morgan fingerprint density at radius 3 is 2.07 bits per heavy atom. The van der Waals surface area contributed by atoms with E-state index in [9.17, 15) is 0 Å². The average molecular weight is 781 g/mol. The number of hydrogen-bond donors (Lipinski definition) is 0. The summed E-state index contributed by atoms with van der Waals surface area (Å²) >= 11 is 1.88. The van der Waals surface area contributed by atoms with Gasteiger partial charge in [-0.3, -0.25) is 4.57 Å². The summed E-state index contributed by atoms with van der Waals surface area (Å²) in [6.45, 7) is 0. The zero-order valence-corrected chi connectivity index (χ0v) is 32.6. The van der Waals surface area contributed by atoms with E-state index in [0.717, 1.165) is 77.0 Å². The van der Waals surface area contributed by atoms with Gasteiger partial charge in [-0.2, -0.15) is 0 Å².